The second-order valence-corrected chi connectivity index (χ2v) is 9.12. The fraction of sp³-hybridized carbons (Fsp3) is 0.385. The Hall–Kier alpha value is -3.12. The largest absolute Gasteiger partial charge is 0.378 e. The first-order valence-corrected chi connectivity index (χ1v) is 11.5. The van der Waals surface area contributed by atoms with Crippen LogP contribution in [0.4, 0.5) is 0 Å². The summed E-state index contributed by atoms with van der Waals surface area (Å²) in [6, 6.07) is 12.8. The van der Waals surface area contributed by atoms with Crippen LogP contribution in [0, 0.1) is 19.8 Å². The Morgan fingerprint density at radius 3 is 2.56 bits per heavy atom. The summed E-state index contributed by atoms with van der Waals surface area (Å²) in [7, 11) is 0. The molecule has 1 amide bonds. The molecule has 1 saturated carbocycles. The van der Waals surface area contributed by atoms with Gasteiger partial charge in [-0.1, -0.05) is 17.3 Å². The highest BCUT2D eigenvalue weighted by molar-refractivity contribution is 6.11. The number of hydrogen-bond donors (Lipinski definition) is 0. The van der Waals surface area contributed by atoms with Crippen molar-refractivity contribution >= 4 is 27.7 Å². The molecule has 6 heteroatoms. The lowest BCUT2D eigenvalue weighted by atomic mass is 10.0. The zero-order valence-corrected chi connectivity index (χ0v) is 18.6. The van der Waals surface area contributed by atoms with E-state index in [1.54, 1.807) is 0 Å². The van der Waals surface area contributed by atoms with E-state index in [0.29, 0.717) is 26.3 Å². The zero-order chi connectivity index (χ0) is 21.8. The first kappa shape index (κ1) is 19.6. The summed E-state index contributed by atoms with van der Waals surface area (Å²) in [5, 5.41) is 6.47. The molecule has 6 rings (SSSR count). The van der Waals surface area contributed by atoms with E-state index in [2.05, 4.69) is 40.1 Å². The maximum absolute atomic E-state index is 13.1. The highest BCUT2D eigenvalue weighted by atomic mass is 16.5. The molecule has 0 N–H and O–H groups in total. The molecule has 2 aromatic heterocycles. The minimum atomic E-state index is 0.0886. The average molecular weight is 430 g/mol. The van der Waals surface area contributed by atoms with Crippen molar-refractivity contribution in [2.75, 3.05) is 26.3 Å². The van der Waals surface area contributed by atoms with Crippen LogP contribution in [-0.4, -0.2) is 46.8 Å². The van der Waals surface area contributed by atoms with Crippen molar-refractivity contribution in [3.8, 4) is 11.1 Å². The van der Waals surface area contributed by atoms with Gasteiger partial charge in [0.2, 0.25) is 0 Å². The summed E-state index contributed by atoms with van der Waals surface area (Å²) in [6.45, 7) is 7.49. The first-order valence-electron chi connectivity index (χ1n) is 11.5. The van der Waals surface area contributed by atoms with Gasteiger partial charge in [-0.25, -0.2) is 0 Å². The molecule has 2 aliphatic rings. The van der Waals surface area contributed by atoms with Crippen LogP contribution in [0.1, 0.15) is 34.7 Å². The van der Waals surface area contributed by atoms with Gasteiger partial charge in [-0.2, -0.15) is 0 Å². The Kier molecular flexibility index (Phi) is 4.57. The minimum absolute atomic E-state index is 0.0886. The van der Waals surface area contributed by atoms with Crippen LogP contribution in [0.15, 0.2) is 40.9 Å². The molecule has 0 radical (unpaired) electrons. The second-order valence-electron chi connectivity index (χ2n) is 9.12. The molecule has 1 saturated heterocycles. The van der Waals surface area contributed by atoms with Gasteiger partial charge in [-0.3, -0.25) is 4.79 Å². The number of ether oxygens (including phenoxy) is 1. The molecule has 0 atom stereocenters. The molecular formula is C26H27N3O3. The number of hydrogen-bond acceptors (Lipinski definition) is 4. The normalized spacial score (nSPS) is 16.9. The third-order valence-corrected chi connectivity index (χ3v) is 6.87. The summed E-state index contributed by atoms with van der Waals surface area (Å²) >= 11 is 0. The predicted octanol–water partition coefficient (Wildman–Crippen LogP) is 4.95. The second kappa shape index (κ2) is 7.48. The highest BCUT2D eigenvalue weighted by Crippen LogP contribution is 2.38. The monoisotopic (exact) mass is 429 g/mol. The van der Waals surface area contributed by atoms with Gasteiger partial charge < -0.3 is 18.7 Å². The van der Waals surface area contributed by atoms with E-state index in [1.807, 2.05) is 24.8 Å². The molecule has 2 fully saturated rings. The van der Waals surface area contributed by atoms with Crippen LogP contribution in [0.3, 0.4) is 0 Å². The predicted molar refractivity (Wildman–Crippen MR) is 124 cm³/mol. The third kappa shape index (κ3) is 3.21. The molecule has 2 aromatic carbocycles. The Balaban J connectivity index is 1.50. The summed E-state index contributed by atoms with van der Waals surface area (Å²) in [4.78, 5) is 15.0. The third-order valence-electron chi connectivity index (χ3n) is 6.87. The molecule has 164 valence electrons. The van der Waals surface area contributed by atoms with Crippen LogP contribution in [0.25, 0.3) is 32.9 Å². The molecule has 0 unspecified atom stereocenters. The lowest BCUT2D eigenvalue weighted by molar-refractivity contribution is 0.0303. The van der Waals surface area contributed by atoms with E-state index in [-0.39, 0.29) is 5.91 Å². The number of morpholine rings is 1. The first-order chi connectivity index (χ1) is 15.6. The van der Waals surface area contributed by atoms with Crippen LogP contribution in [0.5, 0.6) is 0 Å². The quantitative estimate of drug-likeness (QED) is 0.461. The summed E-state index contributed by atoms with van der Waals surface area (Å²) < 4.78 is 13.3. The molecule has 1 aliphatic carbocycles. The van der Waals surface area contributed by atoms with E-state index in [1.165, 1.54) is 29.3 Å². The highest BCUT2D eigenvalue weighted by Gasteiger charge is 2.25. The van der Waals surface area contributed by atoms with Gasteiger partial charge in [-0.05, 0) is 62.4 Å². The SMILES string of the molecule is Cc1noc(C)c1-c1ccc2c3cc(C(=O)N4CCOCC4)ccc3n(CC3CC3)c2c1. The summed E-state index contributed by atoms with van der Waals surface area (Å²) in [5.41, 5.74) is 6.25. The van der Waals surface area contributed by atoms with Crippen LogP contribution in [0.2, 0.25) is 0 Å². The molecule has 3 heterocycles. The molecule has 32 heavy (non-hydrogen) atoms. The van der Waals surface area contributed by atoms with Crippen molar-refractivity contribution in [3.63, 3.8) is 0 Å². The van der Waals surface area contributed by atoms with E-state index in [0.717, 1.165) is 46.0 Å². The number of aryl methyl sites for hydroxylation is 2. The Morgan fingerprint density at radius 2 is 1.84 bits per heavy atom. The van der Waals surface area contributed by atoms with Gasteiger partial charge in [-0.15, -0.1) is 0 Å². The van der Waals surface area contributed by atoms with Gasteiger partial charge in [0.05, 0.1) is 18.9 Å². The van der Waals surface area contributed by atoms with Gasteiger partial charge in [0.15, 0.2) is 0 Å². The number of rotatable bonds is 4. The van der Waals surface area contributed by atoms with E-state index >= 15 is 0 Å². The smallest absolute Gasteiger partial charge is 0.254 e. The number of carbonyl (C=O) groups excluding carboxylic acids is 1. The van der Waals surface area contributed by atoms with Crippen molar-refractivity contribution < 1.29 is 14.1 Å². The Bertz CT molecular complexity index is 1320. The van der Waals surface area contributed by atoms with Gasteiger partial charge >= 0.3 is 0 Å². The number of carbonyl (C=O) groups is 1. The van der Waals surface area contributed by atoms with E-state index in [9.17, 15) is 4.79 Å². The fourth-order valence-electron chi connectivity index (χ4n) is 4.99. The maximum atomic E-state index is 13.1. The van der Waals surface area contributed by atoms with Crippen molar-refractivity contribution in [2.24, 2.45) is 5.92 Å². The van der Waals surface area contributed by atoms with Crippen molar-refractivity contribution in [1.29, 1.82) is 0 Å². The van der Waals surface area contributed by atoms with E-state index in [4.69, 9.17) is 9.26 Å². The lowest BCUT2D eigenvalue weighted by Gasteiger charge is -2.26. The van der Waals surface area contributed by atoms with Gasteiger partial charge in [0.25, 0.3) is 5.91 Å². The topological polar surface area (TPSA) is 60.5 Å². The summed E-state index contributed by atoms with van der Waals surface area (Å²) in [6.07, 6.45) is 2.58. The number of fused-ring (bicyclic) bond motifs is 3. The van der Waals surface area contributed by atoms with Gasteiger partial charge in [0, 0.05) is 52.6 Å². The molecule has 0 bridgehead atoms. The Morgan fingerprint density at radius 1 is 1.03 bits per heavy atom. The molecule has 0 spiro atoms. The van der Waals surface area contributed by atoms with Crippen molar-refractivity contribution in [2.45, 2.75) is 33.2 Å². The van der Waals surface area contributed by atoms with Crippen LogP contribution >= 0.6 is 0 Å². The maximum Gasteiger partial charge on any atom is 0.254 e. The average Bonchev–Trinajstić information content (AvgIpc) is 3.52. The summed E-state index contributed by atoms with van der Waals surface area (Å²) in [5.74, 6) is 1.67. The van der Waals surface area contributed by atoms with Crippen molar-refractivity contribution in [3.05, 3.63) is 53.4 Å². The number of amides is 1. The molecule has 4 aromatic rings. The fourth-order valence-corrected chi connectivity index (χ4v) is 4.99. The lowest BCUT2D eigenvalue weighted by Crippen LogP contribution is -2.40. The van der Waals surface area contributed by atoms with Gasteiger partial charge in [0.1, 0.15) is 5.76 Å². The van der Waals surface area contributed by atoms with Crippen LogP contribution < -0.4 is 0 Å². The Labute approximate surface area is 186 Å². The number of aromatic nitrogens is 2. The standard InChI is InChI=1S/C26H27N3O3/c1-16-25(17(2)32-27-16)19-5-7-21-22-13-20(26(30)28-9-11-31-12-10-28)6-8-23(22)29(24(21)14-19)15-18-3-4-18/h5-8,13-14,18H,3-4,9-12,15H2,1-2H3. The number of nitrogens with zero attached hydrogens (tertiary/aromatic N) is 3. The zero-order valence-electron chi connectivity index (χ0n) is 18.6. The minimum Gasteiger partial charge on any atom is -0.378 e. The molecule has 6 nitrogen and oxygen atoms in total. The van der Waals surface area contributed by atoms with Crippen LogP contribution in [-0.2, 0) is 11.3 Å². The van der Waals surface area contributed by atoms with Crippen molar-refractivity contribution in [1.82, 2.24) is 14.6 Å². The molecular weight excluding hydrogens is 402 g/mol. The van der Waals surface area contributed by atoms with E-state index < -0.39 is 0 Å². The molecule has 1 aliphatic heterocycles. The number of benzene rings is 2.